The van der Waals surface area contributed by atoms with Crippen LogP contribution in [0.25, 0.3) is 0 Å². The van der Waals surface area contributed by atoms with Crippen LogP contribution >= 0.6 is 0 Å². The summed E-state index contributed by atoms with van der Waals surface area (Å²) in [5, 5.41) is 3.54. The molecule has 2 nitrogen and oxygen atoms in total. The molecule has 0 atom stereocenters. The minimum atomic E-state index is 0.801. The summed E-state index contributed by atoms with van der Waals surface area (Å²) in [5.74, 6) is 0. The highest BCUT2D eigenvalue weighted by molar-refractivity contribution is 4.71. The number of hydrogen-bond donors (Lipinski definition) is 2. The monoisotopic (exact) mass is 200 g/mol. The van der Waals surface area contributed by atoms with Crippen molar-refractivity contribution in [2.24, 2.45) is 5.73 Å². The second-order valence-corrected chi connectivity index (χ2v) is 4.14. The molecule has 0 saturated heterocycles. The SMILES string of the molecule is CCC.NCCCNC1CCCCC1. The Hall–Kier alpha value is -0.0800. The first kappa shape index (κ1) is 13.9. The largest absolute Gasteiger partial charge is 0.330 e. The summed E-state index contributed by atoms with van der Waals surface area (Å²) < 4.78 is 0. The molecule has 3 N–H and O–H groups in total. The lowest BCUT2D eigenvalue weighted by molar-refractivity contribution is 0.373. The zero-order valence-electron chi connectivity index (χ0n) is 10.0. The smallest absolute Gasteiger partial charge is 0.00670 e. The average Bonchev–Trinajstić information content (AvgIpc) is 2.21. The van der Waals surface area contributed by atoms with Gasteiger partial charge in [0.1, 0.15) is 0 Å². The first-order valence-electron chi connectivity index (χ1n) is 6.28. The minimum Gasteiger partial charge on any atom is -0.330 e. The molecule has 0 aromatic rings. The van der Waals surface area contributed by atoms with E-state index in [-0.39, 0.29) is 0 Å². The molecule has 0 radical (unpaired) electrons. The van der Waals surface area contributed by atoms with Gasteiger partial charge in [0, 0.05) is 6.04 Å². The van der Waals surface area contributed by atoms with Gasteiger partial charge in [-0.2, -0.15) is 0 Å². The Bertz CT molecular complexity index is 98.5. The summed E-state index contributed by atoms with van der Waals surface area (Å²) in [6.45, 7) is 6.18. The molecule has 1 aliphatic carbocycles. The third kappa shape index (κ3) is 8.52. The van der Waals surface area contributed by atoms with E-state index in [1.807, 2.05) is 0 Å². The maximum atomic E-state index is 5.40. The van der Waals surface area contributed by atoms with Crippen LogP contribution in [0.2, 0.25) is 0 Å². The molecule has 1 fully saturated rings. The molecule has 0 unspecified atom stereocenters. The van der Waals surface area contributed by atoms with Crippen molar-refractivity contribution in [3.05, 3.63) is 0 Å². The fourth-order valence-corrected chi connectivity index (χ4v) is 1.71. The highest BCUT2D eigenvalue weighted by atomic mass is 14.9. The summed E-state index contributed by atoms with van der Waals surface area (Å²) in [7, 11) is 0. The fraction of sp³-hybridized carbons (Fsp3) is 1.00. The molecule has 0 heterocycles. The summed E-state index contributed by atoms with van der Waals surface area (Å²) in [5.41, 5.74) is 5.40. The molecule has 86 valence electrons. The van der Waals surface area contributed by atoms with Crippen LogP contribution in [0.15, 0.2) is 0 Å². The van der Waals surface area contributed by atoms with E-state index in [1.54, 1.807) is 0 Å². The second kappa shape index (κ2) is 11.0. The molecule has 1 saturated carbocycles. The van der Waals surface area contributed by atoms with Crippen LogP contribution < -0.4 is 11.1 Å². The highest BCUT2D eigenvalue weighted by Crippen LogP contribution is 2.16. The van der Waals surface area contributed by atoms with Crippen LogP contribution in [0.3, 0.4) is 0 Å². The van der Waals surface area contributed by atoms with Gasteiger partial charge in [0.05, 0.1) is 0 Å². The Morgan fingerprint density at radius 2 is 1.71 bits per heavy atom. The summed E-state index contributed by atoms with van der Waals surface area (Å²) in [6, 6.07) is 0.801. The van der Waals surface area contributed by atoms with Crippen LogP contribution in [0.1, 0.15) is 58.8 Å². The van der Waals surface area contributed by atoms with E-state index in [0.29, 0.717) is 0 Å². The van der Waals surface area contributed by atoms with E-state index < -0.39 is 0 Å². The maximum Gasteiger partial charge on any atom is 0.00670 e. The third-order valence-electron chi connectivity index (χ3n) is 2.42. The molecular weight excluding hydrogens is 172 g/mol. The molecule has 0 amide bonds. The zero-order valence-corrected chi connectivity index (χ0v) is 10.0. The fourth-order valence-electron chi connectivity index (χ4n) is 1.71. The first-order valence-corrected chi connectivity index (χ1v) is 6.28. The van der Waals surface area contributed by atoms with Crippen molar-refractivity contribution in [3.8, 4) is 0 Å². The van der Waals surface area contributed by atoms with Crippen LogP contribution in [-0.2, 0) is 0 Å². The van der Waals surface area contributed by atoms with Crippen molar-refractivity contribution >= 4 is 0 Å². The van der Waals surface area contributed by atoms with Gasteiger partial charge in [-0.15, -0.1) is 0 Å². The van der Waals surface area contributed by atoms with E-state index in [1.165, 1.54) is 38.5 Å². The molecule has 1 aliphatic rings. The van der Waals surface area contributed by atoms with Gasteiger partial charge in [-0.05, 0) is 32.4 Å². The number of nitrogens with two attached hydrogens (primary N) is 1. The second-order valence-electron chi connectivity index (χ2n) is 4.14. The van der Waals surface area contributed by atoms with Gasteiger partial charge in [-0.3, -0.25) is 0 Å². The molecule has 0 aromatic carbocycles. The van der Waals surface area contributed by atoms with Gasteiger partial charge in [0.15, 0.2) is 0 Å². The van der Waals surface area contributed by atoms with Crippen LogP contribution in [0.4, 0.5) is 0 Å². The van der Waals surface area contributed by atoms with Crippen LogP contribution in [-0.4, -0.2) is 19.1 Å². The Kier molecular flexibility index (Phi) is 10.9. The molecule has 0 bridgehead atoms. The normalized spacial score (nSPS) is 17.4. The van der Waals surface area contributed by atoms with E-state index in [4.69, 9.17) is 5.73 Å². The molecule has 0 aromatic heterocycles. The Morgan fingerprint density at radius 3 is 2.21 bits per heavy atom. The number of rotatable bonds is 4. The first-order chi connectivity index (χ1) is 6.85. The van der Waals surface area contributed by atoms with E-state index in [9.17, 15) is 0 Å². The van der Waals surface area contributed by atoms with Gasteiger partial charge in [-0.25, -0.2) is 0 Å². The molecule has 1 rings (SSSR count). The van der Waals surface area contributed by atoms with Gasteiger partial charge in [0.25, 0.3) is 0 Å². The average molecular weight is 200 g/mol. The van der Waals surface area contributed by atoms with Crippen LogP contribution in [0, 0.1) is 0 Å². The van der Waals surface area contributed by atoms with Crippen molar-refractivity contribution in [1.82, 2.24) is 5.32 Å². The van der Waals surface area contributed by atoms with Crippen molar-refractivity contribution in [1.29, 1.82) is 0 Å². The molecule has 14 heavy (non-hydrogen) atoms. The summed E-state index contributed by atoms with van der Waals surface area (Å²) >= 11 is 0. The van der Waals surface area contributed by atoms with Gasteiger partial charge in [-0.1, -0.05) is 39.5 Å². The van der Waals surface area contributed by atoms with Crippen molar-refractivity contribution < 1.29 is 0 Å². The molecule has 2 heteroatoms. The lowest BCUT2D eigenvalue weighted by Crippen LogP contribution is -2.32. The van der Waals surface area contributed by atoms with Crippen molar-refractivity contribution in [2.45, 2.75) is 64.8 Å². The topological polar surface area (TPSA) is 38.0 Å². The lowest BCUT2D eigenvalue weighted by Gasteiger charge is -2.22. The van der Waals surface area contributed by atoms with Gasteiger partial charge in [0.2, 0.25) is 0 Å². The Balaban J connectivity index is 0.000000500. The third-order valence-corrected chi connectivity index (χ3v) is 2.42. The maximum absolute atomic E-state index is 5.40. The van der Waals surface area contributed by atoms with Gasteiger partial charge >= 0.3 is 0 Å². The number of nitrogens with one attached hydrogen (secondary N) is 1. The minimum absolute atomic E-state index is 0.801. The van der Waals surface area contributed by atoms with Crippen molar-refractivity contribution in [2.75, 3.05) is 13.1 Å². The molecule has 0 aliphatic heterocycles. The van der Waals surface area contributed by atoms with Gasteiger partial charge < -0.3 is 11.1 Å². The quantitative estimate of drug-likeness (QED) is 0.685. The van der Waals surface area contributed by atoms with Crippen molar-refractivity contribution in [3.63, 3.8) is 0 Å². The van der Waals surface area contributed by atoms with E-state index >= 15 is 0 Å². The Morgan fingerprint density at radius 1 is 1.14 bits per heavy atom. The predicted molar refractivity (Wildman–Crippen MR) is 64.5 cm³/mol. The molecular formula is C12H28N2. The Labute approximate surface area is 89.6 Å². The molecule has 0 spiro atoms. The highest BCUT2D eigenvalue weighted by Gasteiger charge is 2.11. The zero-order chi connectivity index (χ0) is 10.6. The summed E-state index contributed by atoms with van der Waals surface area (Å²) in [4.78, 5) is 0. The predicted octanol–water partition coefficient (Wildman–Crippen LogP) is 2.67. The van der Waals surface area contributed by atoms with Crippen LogP contribution in [0.5, 0.6) is 0 Å². The van der Waals surface area contributed by atoms with E-state index in [0.717, 1.165) is 25.6 Å². The van der Waals surface area contributed by atoms with E-state index in [2.05, 4.69) is 19.2 Å². The number of hydrogen-bond acceptors (Lipinski definition) is 2. The lowest BCUT2D eigenvalue weighted by atomic mass is 9.95. The standard InChI is InChI=1S/C9H20N2.C3H8/c10-7-4-8-11-9-5-2-1-3-6-9;1-3-2/h9,11H,1-8,10H2;3H2,1-2H3. The summed E-state index contributed by atoms with van der Waals surface area (Å²) in [6.07, 6.45) is 9.40.